The summed E-state index contributed by atoms with van der Waals surface area (Å²) < 4.78 is 0. The Morgan fingerprint density at radius 3 is 3.10 bits per heavy atom. The minimum Gasteiger partial charge on any atom is -0.388 e. The van der Waals surface area contributed by atoms with Crippen LogP contribution >= 0.6 is 0 Å². The van der Waals surface area contributed by atoms with Crippen molar-refractivity contribution < 1.29 is 9.90 Å². The summed E-state index contributed by atoms with van der Waals surface area (Å²) in [6.45, 7) is -0.234. The van der Waals surface area contributed by atoms with Crippen LogP contribution in [0, 0.1) is 0 Å². The minimum atomic E-state index is -0.234. The van der Waals surface area contributed by atoms with E-state index in [2.05, 4.69) is 9.97 Å². The first-order valence-corrected chi connectivity index (χ1v) is 2.75. The quantitative estimate of drug-likeness (QED) is 0.574. The predicted octanol–water partition coefficient (Wildman–Crippen LogP) is -0.219. The van der Waals surface area contributed by atoms with E-state index in [-0.39, 0.29) is 12.4 Å². The lowest BCUT2D eigenvalue weighted by Gasteiger charge is -1.92. The molecule has 0 atom stereocenters. The Morgan fingerprint density at radius 2 is 2.50 bits per heavy atom. The van der Waals surface area contributed by atoms with Crippen LogP contribution in [0.1, 0.15) is 16.3 Å². The van der Waals surface area contributed by atoms with E-state index in [1.807, 2.05) is 0 Å². The highest BCUT2D eigenvalue weighted by atomic mass is 16.3. The van der Waals surface area contributed by atoms with Gasteiger partial charge in [0.1, 0.15) is 12.3 Å². The number of hydrogen-bond donors (Lipinski definition) is 1. The number of nitrogens with zero attached hydrogens (tertiary/aromatic N) is 2. The van der Waals surface area contributed by atoms with E-state index in [9.17, 15) is 4.79 Å². The van der Waals surface area contributed by atoms with Crippen molar-refractivity contribution in [2.45, 2.75) is 6.61 Å². The standard InChI is InChI=1S/C6H6N2O2/c9-3-5-1-2-7-6(4-10)8-5/h1-3,10H,4H2. The number of aldehydes is 1. The average Bonchev–Trinajstić information content (AvgIpc) is 2.05. The minimum absolute atomic E-state index is 0.234. The van der Waals surface area contributed by atoms with E-state index < -0.39 is 0 Å². The number of aromatic nitrogens is 2. The smallest absolute Gasteiger partial charge is 0.168 e. The van der Waals surface area contributed by atoms with Crippen molar-refractivity contribution in [3.05, 3.63) is 23.8 Å². The second kappa shape index (κ2) is 3.03. The molecule has 1 rings (SSSR count). The van der Waals surface area contributed by atoms with Crippen LogP contribution in [0.15, 0.2) is 12.3 Å². The molecule has 0 spiro atoms. The van der Waals surface area contributed by atoms with Crippen molar-refractivity contribution in [1.82, 2.24) is 9.97 Å². The average molecular weight is 138 g/mol. The van der Waals surface area contributed by atoms with Gasteiger partial charge in [-0.15, -0.1) is 0 Å². The van der Waals surface area contributed by atoms with Crippen LogP contribution in [-0.2, 0) is 6.61 Å². The lowest BCUT2D eigenvalue weighted by atomic mass is 10.4. The molecule has 1 aromatic rings. The van der Waals surface area contributed by atoms with E-state index in [0.29, 0.717) is 12.0 Å². The van der Waals surface area contributed by atoms with Gasteiger partial charge < -0.3 is 5.11 Å². The molecule has 0 saturated carbocycles. The molecule has 1 heterocycles. The Bertz CT molecular complexity index is 237. The van der Waals surface area contributed by atoms with Crippen LogP contribution in [0.4, 0.5) is 0 Å². The molecule has 0 aliphatic heterocycles. The summed E-state index contributed by atoms with van der Waals surface area (Å²) >= 11 is 0. The highest BCUT2D eigenvalue weighted by Gasteiger charge is 1.93. The maximum atomic E-state index is 10.1. The van der Waals surface area contributed by atoms with Crippen molar-refractivity contribution in [2.24, 2.45) is 0 Å². The molecule has 4 heteroatoms. The van der Waals surface area contributed by atoms with Crippen molar-refractivity contribution >= 4 is 6.29 Å². The molecule has 0 aliphatic rings. The summed E-state index contributed by atoms with van der Waals surface area (Å²) in [6, 6.07) is 1.48. The molecule has 0 bridgehead atoms. The topological polar surface area (TPSA) is 63.1 Å². The second-order valence-electron chi connectivity index (χ2n) is 1.67. The molecule has 1 aromatic heterocycles. The summed E-state index contributed by atoms with van der Waals surface area (Å²) in [7, 11) is 0. The van der Waals surface area contributed by atoms with Crippen LogP contribution in [0.2, 0.25) is 0 Å². The van der Waals surface area contributed by atoms with Crippen LogP contribution in [0.3, 0.4) is 0 Å². The number of hydrogen-bond acceptors (Lipinski definition) is 4. The molecule has 0 unspecified atom stereocenters. The van der Waals surface area contributed by atoms with Gasteiger partial charge in [-0.2, -0.15) is 0 Å². The summed E-state index contributed by atoms with van der Waals surface area (Å²) in [5, 5.41) is 8.52. The van der Waals surface area contributed by atoms with E-state index in [1.165, 1.54) is 12.3 Å². The molecule has 4 nitrogen and oxygen atoms in total. The number of carbonyl (C=O) groups is 1. The third-order valence-electron chi connectivity index (χ3n) is 0.989. The zero-order valence-corrected chi connectivity index (χ0v) is 5.19. The maximum absolute atomic E-state index is 10.1. The summed E-state index contributed by atoms with van der Waals surface area (Å²) in [6.07, 6.45) is 2.04. The lowest BCUT2D eigenvalue weighted by Crippen LogP contribution is -1.96. The van der Waals surface area contributed by atoms with Crippen molar-refractivity contribution in [3.63, 3.8) is 0 Å². The SMILES string of the molecule is O=Cc1ccnc(CO)n1. The summed E-state index contributed by atoms with van der Waals surface area (Å²) in [5.74, 6) is 0.268. The second-order valence-corrected chi connectivity index (χ2v) is 1.67. The van der Waals surface area contributed by atoms with Crippen molar-refractivity contribution in [1.29, 1.82) is 0 Å². The zero-order chi connectivity index (χ0) is 7.40. The van der Waals surface area contributed by atoms with Gasteiger partial charge >= 0.3 is 0 Å². The molecule has 0 radical (unpaired) electrons. The third-order valence-corrected chi connectivity index (χ3v) is 0.989. The van der Waals surface area contributed by atoms with Crippen LogP contribution in [0.5, 0.6) is 0 Å². The molecule has 52 valence electrons. The van der Waals surface area contributed by atoms with Gasteiger partial charge in [0.2, 0.25) is 0 Å². The first-order valence-electron chi connectivity index (χ1n) is 2.75. The number of carbonyl (C=O) groups excluding carboxylic acids is 1. The largest absolute Gasteiger partial charge is 0.388 e. The van der Waals surface area contributed by atoms with Crippen LogP contribution in [-0.4, -0.2) is 21.4 Å². The van der Waals surface area contributed by atoms with Crippen LogP contribution < -0.4 is 0 Å². The van der Waals surface area contributed by atoms with Crippen molar-refractivity contribution in [3.8, 4) is 0 Å². The van der Waals surface area contributed by atoms with Gasteiger partial charge in [-0.1, -0.05) is 0 Å². The van der Waals surface area contributed by atoms with Gasteiger partial charge in [-0.05, 0) is 6.07 Å². The lowest BCUT2D eigenvalue weighted by molar-refractivity contribution is 0.111. The van der Waals surface area contributed by atoms with Gasteiger partial charge in [0.25, 0.3) is 0 Å². The molecule has 0 fully saturated rings. The van der Waals surface area contributed by atoms with E-state index in [1.54, 1.807) is 0 Å². The zero-order valence-electron chi connectivity index (χ0n) is 5.19. The monoisotopic (exact) mass is 138 g/mol. The third kappa shape index (κ3) is 1.35. The summed E-state index contributed by atoms with van der Waals surface area (Å²) in [4.78, 5) is 17.5. The van der Waals surface area contributed by atoms with Gasteiger partial charge in [0.05, 0.1) is 0 Å². The van der Waals surface area contributed by atoms with Gasteiger partial charge in [-0.25, -0.2) is 9.97 Å². The Balaban J connectivity index is 2.98. The molecule has 0 aliphatic carbocycles. The molecule has 10 heavy (non-hydrogen) atoms. The Kier molecular flexibility index (Phi) is 2.07. The van der Waals surface area contributed by atoms with Crippen molar-refractivity contribution in [2.75, 3.05) is 0 Å². The normalized spacial score (nSPS) is 9.30. The maximum Gasteiger partial charge on any atom is 0.168 e. The molecule has 0 amide bonds. The molecule has 1 N–H and O–H groups in total. The fourth-order valence-electron chi connectivity index (χ4n) is 0.557. The van der Waals surface area contributed by atoms with Gasteiger partial charge in [0.15, 0.2) is 12.1 Å². The van der Waals surface area contributed by atoms with Crippen LogP contribution in [0.25, 0.3) is 0 Å². The highest BCUT2D eigenvalue weighted by molar-refractivity contribution is 5.71. The fraction of sp³-hybridized carbons (Fsp3) is 0.167. The van der Waals surface area contributed by atoms with E-state index >= 15 is 0 Å². The molecular formula is C6H6N2O2. The first-order chi connectivity index (χ1) is 4.86. The van der Waals surface area contributed by atoms with E-state index in [4.69, 9.17) is 5.11 Å². The Hall–Kier alpha value is -1.29. The number of aliphatic hydroxyl groups is 1. The molecule has 0 saturated heterocycles. The van der Waals surface area contributed by atoms with Gasteiger partial charge in [-0.3, -0.25) is 4.79 Å². The Labute approximate surface area is 57.6 Å². The highest BCUT2D eigenvalue weighted by Crippen LogP contribution is 1.90. The molecule has 0 aromatic carbocycles. The van der Waals surface area contributed by atoms with E-state index in [0.717, 1.165) is 0 Å². The number of rotatable bonds is 2. The fourth-order valence-corrected chi connectivity index (χ4v) is 0.557. The van der Waals surface area contributed by atoms with Gasteiger partial charge in [0, 0.05) is 6.20 Å². The summed E-state index contributed by atoms with van der Waals surface area (Å²) in [5.41, 5.74) is 0.291. The first kappa shape index (κ1) is 6.82. The Morgan fingerprint density at radius 1 is 1.70 bits per heavy atom. The predicted molar refractivity (Wildman–Crippen MR) is 33.3 cm³/mol. The molecular weight excluding hydrogens is 132 g/mol. The number of aliphatic hydroxyl groups excluding tert-OH is 1.